The van der Waals surface area contributed by atoms with Gasteiger partial charge < -0.3 is 20.0 Å². The third-order valence-corrected chi connectivity index (χ3v) is 7.95. The number of thiazole rings is 1. The van der Waals surface area contributed by atoms with Crippen LogP contribution in [0.1, 0.15) is 62.9 Å². The van der Waals surface area contributed by atoms with Gasteiger partial charge in [0.15, 0.2) is 5.13 Å². The number of hydrogen-bond donors (Lipinski definition) is 1. The average molecular weight is 405 g/mol. The highest BCUT2D eigenvalue weighted by Gasteiger charge is 2.58. The molecule has 7 nitrogen and oxygen atoms in total. The van der Waals surface area contributed by atoms with Crippen LogP contribution in [-0.2, 0) is 25.5 Å². The highest BCUT2D eigenvalue weighted by molar-refractivity contribution is 7.15. The number of esters is 1. The van der Waals surface area contributed by atoms with Crippen molar-refractivity contribution in [1.29, 1.82) is 0 Å². The second-order valence-electron chi connectivity index (χ2n) is 8.79. The molecule has 0 bridgehead atoms. The van der Waals surface area contributed by atoms with Crippen LogP contribution in [0.2, 0.25) is 0 Å². The Bertz CT molecular complexity index is 837. The van der Waals surface area contributed by atoms with Crippen molar-refractivity contribution >= 4 is 34.3 Å². The lowest BCUT2D eigenvalue weighted by molar-refractivity contribution is -0.305. The number of rotatable bonds is 4. The van der Waals surface area contributed by atoms with Gasteiger partial charge in [0, 0.05) is 35.0 Å². The molecule has 1 aromatic heterocycles. The molecule has 3 aliphatic rings. The number of aliphatic carboxylic acids is 1. The van der Waals surface area contributed by atoms with E-state index in [1.54, 1.807) is 0 Å². The Balaban J connectivity index is 1.57. The van der Waals surface area contributed by atoms with Crippen LogP contribution in [0.15, 0.2) is 0 Å². The molecule has 1 aromatic rings. The maximum absolute atomic E-state index is 12.2. The molecular weight excluding hydrogens is 380 g/mol. The van der Waals surface area contributed by atoms with Gasteiger partial charge in [-0.3, -0.25) is 9.59 Å². The molecule has 6 atom stereocenters. The Hall–Kier alpha value is -1.96. The van der Waals surface area contributed by atoms with Crippen LogP contribution in [0.5, 0.6) is 0 Å². The number of carboxylic acid groups (broad SMARTS) is 1. The lowest BCUT2D eigenvalue weighted by atomic mass is 9.54. The number of carboxylic acids is 1. The molecule has 4 rings (SSSR count). The highest BCUT2D eigenvalue weighted by atomic mass is 32.1. The second kappa shape index (κ2) is 6.83. The number of nitrogens with zero attached hydrogens (tertiary/aromatic N) is 1. The standard InChI is InChI=1S/C20H26N2O5S/c1-9-11-6-7-20(3)8-12-16(10(2)15(20)17(11)27-18(9)26)22-19(28-12)21-13(23)4-5-14(24)25/h9-11,15,17H,4-8H2,1-3H3,(H,24,25)(H,21,22,23)/p-1/t9-,10-,11-,15+,17-,20+/m0/s1. The molecule has 1 aliphatic heterocycles. The van der Waals surface area contributed by atoms with Crippen LogP contribution in [0.4, 0.5) is 5.13 Å². The molecule has 1 N–H and O–H groups in total. The van der Waals surface area contributed by atoms with Gasteiger partial charge in [0.05, 0.1) is 11.6 Å². The molecule has 0 aromatic carbocycles. The van der Waals surface area contributed by atoms with Gasteiger partial charge in [-0.1, -0.05) is 20.8 Å². The van der Waals surface area contributed by atoms with Crippen molar-refractivity contribution in [2.45, 2.75) is 64.9 Å². The minimum absolute atomic E-state index is 0.0424. The Kier molecular flexibility index (Phi) is 4.72. The van der Waals surface area contributed by atoms with Gasteiger partial charge >= 0.3 is 5.97 Å². The van der Waals surface area contributed by atoms with Gasteiger partial charge in [-0.15, -0.1) is 11.3 Å². The first-order valence-corrected chi connectivity index (χ1v) is 10.7. The number of nitrogens with one attached hydrogen (secondary N) is 1. The zero-order chi connectivity index (χ0) is 20.2. The third kappa shape index (κ3) is 3.11. The predicted molar refractivity (Wildman–Crippen MR) is 100 cm³/mol. The monoisotopic (exact) mass is 405 g/mol. The Labute approximate surface area is 167 Å². The molecule has 1 amide bonds. The normalized spacial score (nSPS) is 36.1. The minimum Gasteiger partial charge on any atom is -0.550 e. The molecule has 0 radical (unpaired) electrons. The van der Waals surface area contributed by atoms with Crippen molar-refractivity contribution in [1.82, 2.24) is 4.98 Å². The van der Waals surface area contributed by atoms with E-state index in [2.05, 4.69) is 24.1 Å². The van der Waals surface area contributed by atoms with E-state index in [0.29, 0.717) is 5.13 Å². The number of hydrogen-bond acceptors (Lipinski definition) is 7. The molecule has 2 heterocycles. The van der Waals surface area contributed by atoms with Gasteiger partial charge in [-0.2, -0.15) is 0 Å². The summed E-state index contributed by atoms with van der Waals surface area (Å²) in [5.41, 5.74) is 1.01. The summed E-state index contributed by atoms with van der Waals surface area (Å²) in [6, 6.07) is 0. The fourth-order valence-corrected chi connectivity index (χ4v) is 6.81. The second-order valence-corrected chi connectivity index (χ2v) is 9.87. The summed E-state index contributed by atoms with van der Waals surface area (Å²) in [6.07, 6.45) is 2.42. The van der Waals surface area contributed by atoms with Gasteiger partial charge in [0.1, 0.15) is 6.10 Å². The third-order valence-electron chi connectivity index (χ3n) is 6.96. The van der Waals surface area contributed by atoms with E-state index >= 15 is 0 Å². The molecule has 2 aliphatic carbocycles. The van der Waals surface area contributed by atoms with Crippen LogP contribution in [-0.4, -0.2) is 28.9 Å². The summed E-state index contributed by atoms with van der Waals surface area (Å²) in [5.74, 6) is -1.12. The lowest BCUT2D eigenvalue weighted by Gasteiger charge is -2.51. The zero-order valence-electron chi connectivity index (χ0n) is 16.3. The van der Waals surface area contributed by atoms with Gasteiger partial charge in [-0.05, 0) is 31.1 Å². The first-order chi connectivity index (χ1) is 13.2. The minimum atomic E-state index is -1.24. The predicted octanol–water partition coefficient (Wildman–Crippen LogP) is 1.87. The fraction of sp³-hybridized carbons (Fsp3) is 0.700. The molecule has 152 valence electrons. The summed E-state index contributed by atoms with van der Waals surface area (Å²) >= 11 is 1.47. The average Bonchev–Trinajstić information content (AvgIpc) is 3.13. The molecule has 0 spiro atoms. The van der Waals surface area contributed by atoms with Gasteiger partial charge in [0.2, 0.25) is 5.91 Å². The highest BCUT2D eigenvalue weighted by Crippen LogP contribution is 2.59. The van der Waals surface area contributed by atoms with Crippen molar-refractivity contribution in [3.8, 4) is 0 Å². The van der Waals surface area contributed by atoms with Crippen LogP contribution < -0.4 is 10.4 Å². The van der Waals surface area contributed by atoms with Crippen LogP contribution in [0.25, 0.3) is 0 Å². The van der Waals surface area contributed by atoms with Gasteiger partial charge in [-0.25, -0.2) is 4.98 Å². The van der Waals surface area contributed by atoms with Crippen molar-refractivity contribution < 1.29 is 24.2 Å². The van der Waals surface area contributed by atoms with Crippen molar-refractivity contribution in [3.05, 3.63) is 10.6 Å². The number of aromatic nitrogens is 1. The van der Waals surface area contributed by atoms with Crippen LogP contribution in [0, 0.1) is 23.2 Å². The number of amides is 1. The number of carbonyl (C=O) groups excluding carboxylic acids is 3. The summed E-state index contributed by atoms with van der Waals surface area (Å²) in [4.78, 5) is 40.5. The van der Waals surface area contributed by atoms with E-state index in [1.165, 1.54) is 11.3 Å². The number of carbonyl (C=O) groups is 3. The topological polar surface area (TPSA) is 108 Å². The first-order valence-electron chi connectivity index (χ1n) is 9.89. The zero-order valence-corrected chi connectivity index (χ0v) is 17.1. The van der Waals surface area contributed by atoms with E-state index in [1.807, 2.05) is 6.92 Å². The number of anilines is 1. The van der Waals surface area contributed by atoms with Crippen LogP contribution >= 0.6 is 11.3 Å². The van der Waals surface area contributed by atoms with Crippen molar-refractivity contribution in [2.24, 2.45) is 23.2 Å². The fourth-order valence-electron chi connectivity index (χ4n) is 5.53. The van der Waals surface area contributed by atoms with E-state index < -0.39 is 5.97 Å². The molecule has 8 heteroatoms. The summed E-state index contributed by atoms with van der Waals surface area (Å²) in [7, 11) is 0. The Morgan fingerprint density at radius 3 is 2.79 bits per heavy atom. The Morgan fingerprint density at radius 2 is 2.07 bits per heavy atom. The Morgan fingerprint density at radius 1 is 1.32 bits per heavy atom. The maximum Gasteiger partial charge on any atom is 0.309 e. The van der Waals surface area contributed by atoms with E-state index in [-0.39, 0.29) is 59.9 Å². The maximum atomic E-state index is 12.2. The largest absolute Gasteiger partial charge is 0.550 e. The van der Waals surface area contributed by atoms with E-state index in [9.17, 15) is 19.5 Å². The van der Waals surface area contributed by atoms with Crippen LogP contribution in [0.3, 0.4) is 0 Å². The number of fused-ring (bicyclic) bond motifs is 4. The first kappa shape index (κ1) is 19.4. The SMILES string of the molecule is C[C@@H]1C(=O)O[C@H]2[C@H]1CC[C@]1(C)Cc3sc(NC(=O)CCC(=O)[O-])nc3[C@@H](C)[C@H]21. The molecule has 1 saturated heterocycles. The molecular formula is C20H25N2O5S-. The van der Waals surface area contributed by atoms with E-state index in [4.69, 9.17) is 4.74 Å². The van der Waals surface area contributed by atoms with Crippen molar-refractivity contribution in [3.63, 3.8) is 0 Å². The number of ether oxygens (including phenoxy) is 1. The van der Waals surface area contributed by atoms with Crippen molar-refractivity contribution in [2.75, 3.05) is 5.32 Å². The molecule has 1 saturated carbocycles. The lowest BCUT2D eigenvalue weighted by Crippen LogP contribution is -2.50. The quantitative estimate of drug-likeness (QED) is 0.766. The molecule has 0 unspecified atom stereocenters. The summed E-state index contributed by atoms with van der Waals surface area (Å²) < 4.78 is 5.83. The molecule has 2 fully saturated rings. The smallest absolute Gasteiger partial charge is 0.309 e. The van der Waals surface area contributed by atoms with E-state index in [0.717, 1.165) is 29.8 Å². The summed E-state index contributed by atoms with van der Waals surface area (Å²) in [6.45, 7) is 6.39. The summed E-state index contributed by atoms with van der Waals surface area (Å²) in [5, 5.41) is 13.8. The molecule has 28 heavy (non-hydrogen) atoms. The van der Waals surface area contributed by atoms with Gasteiger partial charge in [0.25, 0.3) is 0 Å².